The van der Waals surface area contributed by atoms with Crippen molar-refractivity contribution in [1.29, 1.82) is 0 Å². The van der Waals surface area contributed by atoms with Crippen molar-refractivity contribution in [2.45, 2.75) is 44.1 Å². The summed E-state index contributed by atoms with van der Waals surface area (Å²) < 4.78 is 19.4. The van der Waals surface area contributed by atoms with Crippen LogP contribution in [0.2, 0.25) is 0 Å². The molecule has 0 N–H and O–H groups in total. The Bertz CT molecular complexity index is 641. The molecule has 120 valence electrons. The number of hydrogen-bond acceptors (Lipinski definition) is 1. The van der Waals surface area contributed by atoms with Crippen LogP contribution in [0, 0.1) is 11.2 Å². The first kappa shape index (κ1) is 14.9. The summed E-state index contributed by atoms with van der Waals surface area (Å²) in [5, 5.41) is 0. The van der Waals surface area contributed by atoms with Crippen LogP contribution in [-0.4, -0.2) is 6.61 Å². The van der Waals surface area contributed by atoms with Gasteiger partial charge in [0.1, 0.15) is 5.82 Å². The van der Waals surface area contributed by atoms with Crippen LogP contribution in [0.15, 0.2) is 54.6 Å². The van der Waals surface area contributed by atoms with E-state index in [0.717, 1.165) is 13.0 Å². The summed E-state index contributed by atoms with van der Waals surface area (Å²) in [5.74, 6) is 0.417. The van der Waals surface area contributed by atoms with Crippen LogP contribution in [0.5, 0.6) is 0 Å². The van der Waals surface area contributed by atoms with Gasteiger partial charge >= 0.3 is 0 Å². The highest BCUT2D eigenvalue weighted by Gasteiger charge is 2.42. The molecule has 1 aliphatic heterocycles. The van der Waals surface area contributed by atoms with Gasteiger partial charge in [0, 0.05) is 0 Å². The second kappa shape index (κ2) is 6.09. The van der Waals surface area contributed by atoms with Gasteiger partial charge in [-0.15, -0.1) is 0 Å². The van der Waals surface area contributed by atoms with Gasteiger partial charge in [0.25, 0.3) is 0 Å². The topological polar surface area (TPSA) is 9.23 Å². The lowest BCUT2D eigenvalue weighted by molar-refractivity contribution is -0.0625. The highest BCUT2D eigenvalue weighted by molar-refractivity contribution is 5.23. The molecule has 23 heavy (non-hydrogen) atoms. The zero-order chi connectivity index (χ0) is 15.7. The standard InChI is InChI=1S/C21H23FO/c22-19-8-6-16(7-9-19)18-10-12-21(14-18)13-11-20(23-15-21)17-4-2-1-3-5-17/h1-9,18,20H,10-15H2. The van der Waals surface area contributed by atoms with E-state index in [4.69, 9.17) is 4.74 Å². The zero-order valence-corrected chi connectivity index (χ0v) is 13.4. The second-order valence-electron chi connectivity index (χ2n) is 7.24. The summed E-state index contributed by atoms with van der Waals surface area (Å²) in [5.41, 5.74) is 2.92. The van der Waals surface area contributed by atoms with E-state index in [9.17, 15) is 4.39 Å². The SMILES string of the molecule is Fc1ccc(C2CCC3(CCC(c4ccccc4)OC3)C2)cc1. The van der Waals surface area contributed by atoms with E-state index in [1.54, 1.807) is 12.1 Å². The van der Waals surface area contributed by atoms with E-state index in [1.165, 1.54) is 36.8 Å². The Labute approximate surface area is 137 Å². The zero-order valence-electron chi connectivity index (χ0n) is 13.4. The largest absolute Gasteiger partial charge is 0.373 e. The maximum Gasteiger partial charge on any atom is 0.123 e. The van der Waals surface area contributed by atoms with Gasteiger partial charge in [0.15, 0.2) is 0 Å². The van der Waals surface area contributed by atoms with Gasteiger partial charge in [-0.1, -0.05) is 42.5 Å². The molecule has 3 unspecified atom stereocenters. The van der Waals surface area contributed by atoms with Crippen molar-refractivity contribution >= 4 is 0 Å². The van der Waals surface area contributed by atoms with Crippen molar-refractivity contribution in [3.8, 4) is 0 Å². The average molecular weight is 310 g/mol. The van der Waals surface area contributed by atoms with E-state index in [1.807, 2.05) is 12.1 Å². The lowest BCUT2D eigenvalue weighted by Gasteiger charge is -2.38. The fourth-order valence-corrected chi connectivity index (χ4v) is 4.39. The molecule has 2 fully saturated rings. The molecule has 1 aliphatic carbocycles. The van der Waals surface area contributed by atoms with Crippen LogP contribution < -0.4 is 0 Å². The molecule has 3 atom stereocenters. The summed E-state index contributed by atoms with van der Waals surface area (Å²) >= 11 is 0. The number of hydrogen-bond donors (Lipinski definition) is 0. The van der Waals surface area contributed by atoms with Gasteiger partial charge in [-0.3, -0.25) is 0 Å². The molecule has 2 aliphatic rings. The molecule has 1 saturated heterocycles. The fourth-order valence-electron chi connectivity index (χ4n) is 4.39. The molecule has 1 saturated carbocycles. The Hall–Kier alpha value is -1.67. The molecule has 2 heteroatoms. The van der Waals surface area contributed by atoms with Crippen LogP contribution in [0.25, 0.3) is 0 Å². The van der Waals surface area contributed by atoms with Gasteiger partial charge in [0.05, 0.1) is 12.7 Å². The van der Waals surface area contributed by atoms with Gasteiger partial charge in [-0.2, -0.15) is 0 Å². The number of ether oxygens (including phenoxy) is 1. The maximum atomic E-state index is 13.1. The molecule has 0 amide bonds. The van der Waals surface area contributed by atoms with E-state index in [-0.39, 0.29) is 11.9 Å². The number of halogens is 1. The predicted octanol–water partition coefficient (Wildman–Crippen LogP) is 5.63. The van der Waals surface area contributed by atoms with Crippen molar-refractivity contribution in [2.75, 3.05) is 6.61 Å². The summed E-state index contributed by atoms with van der Waals surface area (Å²) in [6, 6.07) is 17.6. The first-order valence-electron chi connectivity index (χ1n) is 8.66. The van der Waals surface area contributed by atoms with E-state index in [0.29, 0.717) is 11.3 Å². The van der Waals surface area contributed by atoms with Crippen molar-refractivity contribution in [1.82, 2.24) is 0 Å². The van der Waals surface area contributed by atoms with Crippen molar-refractivity contribution in [3.63, 3.8) is 0 Å². The quantitative estimate of drug-likeness (QED) is 0.698. The summed E-state index contributed by atoms with van der Waals surface area (Å²) in [4.78, 5) is 0. The molecule has 4 rings (SSSR count). The fraction of sp³-hybridized carbons (Fsp3) is 0.429. The molecule has 2 aromatic rings. The lowest BCUT2D eigenvalue weighted by atomic mass is 9.77. The Morgan fingerprint density at radius 3 is 2.30 bits per heavy atom. The second-order valence-corrected chi connectivity index (χ2v) is 7.24. The third-order valence-corrected chi connectivity index (χ3v) is 5.74. The van der Waals surface area contributed by atoms with Gasteiger partial charge < -0.3 is 4.74 Å². The molecule has 1 spiro atoms. The minimum Gasteiger partial charge on any atom is -0.373 e. The van der Waals surface area contributed by atoms with E-state index in [2.05, 4.69) is 30.3 Å². The molecule has 1 nitrogen and oxygen atoms in total. The highest BCUT2D eigenvalue weighted by atomic mass is 19.1. The highest BCUT2D eigenvalue weighted by Crippen LogP contribution is 2.53. The average Bonchev–Trinajstić information content (AvgIpc) is 3.01. The Morgan fingerprint density at radius 1 is 0.870 bits per heavy atom. The molecule has 1 heterocycles. The lowest BCUT2D eigenvalue weighted by Crippen LogP contribution is -2.30. The number of rotatable bonds is 2. The van der Waals surface area contributed by atoms with Gasteiger partial charge in [-0.05, 0) is 66.7 Å². The van der Waals surface area contributed by atoms with Gasteiger partial charge in [0.2, 0.25) is 0 Å². The Kier molecular flexibility index (Phi) is 3.94. The molecule has 0 radical (unpaired) electrons. The van der Waals surface area contributed by atoms with Crippen LogP contribution in [0.1, 0.15) is 55.3 Å². The minimum absolute atomic E-state index is 0.145. The minimum atomic E-state index is -0.145. The van der Waals surface area contributed by atoms with Crippen molar-refractivity contribution < 1.29 is 9.13 Å². The van der Waals surface area contributed by atoms with Crippen molar-refractivity contribution in [3.05, 3.63) is 71.5 Å². The Morgan fingerprint density at radius 2 is 1.61 bits per heavy atom. The van der Waals surface area contributed by atoms with Crippen molar-refractivity contribution in [2.24, 2.45) is 5.41 Å². The third-order valence-electron chi connectivity index (χ3n) is 5.74. The normalized spacial score (nSPS) is 30.7. The monoisotopic (exact) mass is 310 g/mol. The van der Waals surface area contributed by atoms with E-state index >= 15 is 0 Å². The molecular weight excluding hydrogens is 287 g/mol. The van der Waals surface area contributed by atoms with Crippen LogP contribution in [0.3, 0.4) is 0 Å². The predicted molar refractivity (Wildman–Crippen MR) is 89.8 cm³/mol. The summed E-state index contributed by atoms with van der Waals surface area (Å²) in [7, 11) is 0. The number of benzene rings is 2. The summed E-state index contributed by atoms with van der Waals surface area (Å²) in [6.45, 7) is 0.865. The summed E-state index contributed by atoms with van der Waals surface area (Å²) in [6.07, 6.45) is 6.22. The molecular formula is C21H23FO. The first-order valence-corrected chi connectivity index (χ1v) is 8.66. The van der Waals surface area contributed by atoms with Gasteiger partial charge in [-0.25, -0.2) is 4.39 Å². The maximum absolute atomic E-state index is 13.1. The van der Waals surface area contributed by atoms with Crippen LogP contribution in [0.4, 0.5) is 4.39 Å². The smallest absolute Gasteiger partial charge is 0.123 e. The van der Waals surface area contributed by atoms with Crippen LogP contribution >= 0.6 is 0 Å². The Balaban J connectivity index is 1.41. The van der Waals surface area contributed by atoms with E-state index < -0.39 is 0 Å². The van der Waals surface area contributed by atoms with Crippen LogP contribution in [-0.2, 0) is 4.74 Å². The molecule has 0 aromatic heterocycles. The third kappa shape index (κ3) is 3.05. The molecule has 0 bridgehead atoms. The first-order chi connectivity index (χ1) is 11.2. The molecule has 2 aromatic carbocycles.